The van der Waals surface area contributed by atoms with Gasteiger partial charge in [0.2, 0.25) is 11.7 Å². The van der Waals surface area contributed by atoms with Crippen molar-refractivity contribution in [2.45, 2.75) is 11.7 Å². The average molecular weight is 497 g/mol. The standard InChI is InChI=1S/C26H20N6OS2/c33-23(28-24-27-20(16-34-24)19-11-5-2-6-12-19)17-35-26-30-29-25-31(15-18-9-3-1-4-10-18)21-13-7-8-14-22(21)32(25)26/h1-14,16H,15,17H2,(H,27,28,33). The van der Waals surface area contributed by atoms with Gasteiger partial charge in [0.1, 0.15) is 0 Å². The number of anilines is 1. The zero-order valence-corrected chi connectivity index (χ0v) is 20.2. The summed E-state index contributed by atoms with van der Waals surface area (Å²) in [6.07, 6.45) is 0. The molecule has 3 aromatic heterocycles. The number of aromatic nitrogens is 5. The fraction of sp³-hybridized carbons (Fsp3) is 0.0769. The number of rotatable bonds is 7. The van der Waals surface area contributed by atoms with E-state index in [1.54, 1.807) is 0 Å². The molecule has 35 heavy (non-hydrogen) atoms. The van der Waals surface area contributed by atoms with E-state index in [2.05, 4.69) is 49.3 Å². The molecule has 6 rings (SSSR count). The fourth-order valence-corrected chi connectivity index (χ4v) is 5.49. The molecule has 3 aromatic carbocycles. The highest BCUT2D eigenvalue weighted by Gasteiger charge is 2.18. The summed E-state index contributed by atoms with van der Waals surface area (Å²) in [4.78, 5) is 17.2. The molecule has 0 fully saturated rings. The van der Waals surface area contributed by atoms with Crippen molar-refractivity contribution in [3.8, 4) is 11.3 Å². The molecule has 1 amide bonds. The molecule has 0 saturated carbocycles. The maximum Gasteiger partial charge on any atom is 0.237 e. The van der Waals surface area contributed by atoms with Crippen LogP contribution in [-0.2, 0) is 11.3 Å². The van der Waals surface area contributed by atoms with Crippen LogP contribution in [0.25, 0.3) is 28.1 Å². The second-order valence-electron chi connectivity index (χ2n) is 7.92. The van der Waals surface area contributed by atoms with E-state index in [0.717, 1.165) is 28.1 Å². The Morgan fingerprint density at radius 1 is 0.886 bits per heavy atom. The zero-order chi connectivity index (χ0) is 23.6. The Hall–Kier alpha value is -3.95. The van der Waals surface area contributed by atoms with Gasteiger partial charge in [-0.25, -0.2) is 4.98 Å². The maximum absolute atomic E-state index is 12.7. The number of thiazole rings is 1. The van der Waals surface area contributed by atoms with Crippen molar-refractivity contribution >= 4 is 50.9 Å². The number of nitrogens with one attached hydrogen (secondary N) is 1. The lowest BCUT2D eigenvalue weighted by Crippen LogP contribution is -2.14. The summed E-state index contributed by atoms with van der Waals surface area (Å²) in [6, 6.07) is 28.4. The third kappa shape index (κ3) is 4.31. The van der Waals surface area contributed by atoms with Gasteiger partial charge >= 0.3 is 0 Å². The molecule has 0 saturated heterocycles. The van der Waals surface area contributed by atoms with Crippen LogP contribution in [0.15, 0.2) is 95.5 Å². The van der Waals surface area contributed by atoms with Crippen LogP contribution < -0.4 is 5.32 Å². The number of thioether (sulfide) groups is 1. The smallest absolute Gasteiger partial charge is 0.237 e. The number of hydrogen-bond acceptors (Lipinski definition) is 6. The van der Waals surface area contributed by atoms with E-state index in [1.165, 1.54) is 28.7 Å². The molecule has 6 aromatic rings. The van der Waals surface area contributed by atoms with Crippen LogP contribution in [0.4, 0.5) is 5.13 Å². The normalized spacial score (nSPS) is 11.3. The highest BCUT2D eigenvalue weighted by molar-refractivity contribution is 7.99. The van der Waals surface area contributed by atoms with Crippen molar-refractivity contribution in [1.29, 1.82) is 0 Å². The van der Waals surface area contributed by atoms with E-state index >= 15 is 0 Å². The molecule has 1 N–H and O–H groups in total. The van der Waals surface area contributed by atoms with Gasteiger partial charge in [0.15, 0.2) is 10.3 Å². The predicted molar refractivity (Wildman–Crippen MR) is 141 cm³/mol. The van der Waals surface area contributed by atoms with E-state index in [4.69, 9.17) is 0 Å². The number of carbonyl (C=O) groups is 1. The Labute approximate surface area is 209 Å². The Morgan fingerprint density at radius 2 is 1.60 bits per heavy atom. The molecule has 0 aliphatic carbocycles. The summed E-state index contributed by atoms with van der Waals surface area (Å²) in [5, 5.41) is 15.0. The maximum atomic E-state index is 12.7. The second kappa shape index (κ2) is 9.36. The minimum atomic E-state index is -0.131. The minimum Gasteiger partial charge on any atom is -0.304 e. The number of para-hydroxylation sites is 2. The number of fused-ring (bicyclic) bond motifs is 3. The molecule has 172 valence electrons. The minimum absolute atomic E-state index is 0.131. The molecule has 0 spiro atoms. The molecule has 3 heterocycles. The topological polar surface area (TPSA) is 77.1 Å². The van der Waals surface area contributed by atoms with Gasteiger partial charge in [-0.1, -0.05) is 84.6 Å². The SMILES string of the molecule is O=C(CSc1nnc2n(Cc3ccccc3)c3ccccc3n12)Nc1nc(-c2ccccc2)cs1. The first-order valence-corrected chi connectivity index (χ1v) is 12.9. The number of carbonyl (C=O) groups excluding carboxylic acids is 1. The first-order valence-electron chi connectivity index (χ1n) is 11.1. The van der Waals surface area contributed by atoms with Crippen LogP contribution in [0.5, 0.6) is 0 Å². The molecule has 0 bridgehead atoms. The second-order valence-corrected chi connectivity index (χ2v) is 9.72. The van der Waals surface area contributed by atoms with Crippen molar-refractivity contribution in [1.82, 2.24) is 24.1 Å². The number of benzene rings is 3. The van der Waals surface area contributed by atoms with Crippen molar-refractivity contribution in [3.05, 3.63) is 95.9 Å². The summed E-state index contributed by atoms with van der Waals surface area (Å²) < 4.78 is 4.18. The number of amides is 1. The largest absolute Gasteiger partial charge is 0.304 e. The quantitative estimate of drug-likeness (QED) is 0.292. The van der Waals surface area contributed by atoms with Gasteiger partial charge in [0.25, 0.3) is 0 Å². The van der Waals surface area contributed by atoms with Crippen molar-refractivity contribution in [2.24, 2.45) is 0 Å². The monoisotopic (exact) mass is 496 g/mol. The lowest BCUT2D eigenvalue weighted by Gasteiger charge is -2.04. The zero-order valence-electron chi connectivity index (χ0n) is 18.5. The van der Waals surface area contributed by atoms with Gasteiger partial charge in [-0.05, 0) is 17.7 Å². The van der Waals surface area contributed by atoms with Crippen LogP contribution >= 0.6 is 23.1 Å². The predicted octanol–water partition coefficient (Wildman–Crippen LogP) is 5.59. The third-order valence-corrected chi connectivity index (χ3v) is 7.29. The Kier molecular flexibility index (Phi) is 5.77. The van der Waals surface area contributed by atoms with E-state index in [1.807, 2.05) is 70.4 Å². The van der Waals surface area contributed by atoms with Gasteiger partial charge in [-0.2, -0.15) is 0 Å². The number of hydrogen-bond donors (Lipinski definition) is 1. The third-order valence-electron chi connectivity index (χ3n) is 5.61. The summed E-state index contributed by atoms with van der Waals surface area (Å²) in [6.45, 7) is 0.689. The van der Waals surface area contributed by atoms with Crippen LogP contribution in [-0.4, -0.2) is 35.8 Å². The van der Waals surface area contributed by atoms with E-state index < -0.39 is 0 Å². The van der Waals surface area contributed by atoms with Crippen LogP contribution in [0.1, 0.15) is 5.56 Å². The Balaban J connectivity index is 1.21. The molecule has 0 atom stereocenters. The number of imidazole rings is 1. The van der Waals surface area contributed by atoms with Gasteiger partial charge in [0, 0.05) is 10.9 Å². The van der Waals surface area contributed by atoms with Crippen molar-refractivity contribution in [2.75, 3.05) is 11.1 Å². The Bertz CT molecular complexity index is 1620. The van der Waals surface area contributed by atoms with Crippen LogP contribution in [0.2, 0.25) is 0 Å². The lowest BCUT2D eigenvalue weighted by atomic mass is 10.2. The van der Waals surface area contributed by atoms with Gasteiger partial charge in [-0.3, -0.25) is 9.20 Å². The molecule has 0 aliphatic heterocycles. The molecule has 9 heteroatoms. The molecule has 0 aliphatic rings. The van der Waals surface area contributed by atoms with E-state index in [-0.39, 0.29) is 11.7 Å². The van der Waals surface area contributed by atoms with E-state index in [0.29, 0.717) is 16.8 Å². The van der Waals surface area contributed by atoms with Crippen LogP contribution in [0, 0.1) is 0 Å². The van der Waals surface area contributed by atoms with Crippen molar-refractivity contribution < 1.29 is 4.79 Å². The highest BCUT2D eigenvalue weighted by atomic mass is 32.2. The van der Waals surface area contributed by atoms with Gasteiger partial charge < -0.3 is 9.88 Å². The molecule has 0 unspecified atom stereocenters. The average Bonchev–Trinajstić information content (AvgIpc) is 3.61. The summed E-state index contributed by atoms with van der Waals surface area (Å²) >= 11 is 2.78. The first kappa shape index (κ1) is 21.6. The molecular formula is C26H20N6OS2. The highest BCUT2D eigenvalue weighted by Crippen LogP contribution is 2.28. The summed E-state index contributed by atoms with van der Waals surface area (Å²) in [5.41, 5.74) is 5.15. The summed E-state index contributed by atoms with van der Waals surface area (Å²) in [7, 11) is 0. The Morgan fingerprint density at radius 3 is 2.40 bits per heavy atom. The van der Waals surface area contributed by atoms with Gasteiger partial charge in [-0.15, -0.1) is 21.5 Å². The van der Waals surface area contributed by atoms with Crippen LogP contribution in [0.3, 0.4) is 0 Å². The van der Waals surface area contributed by atoms with E-state index in [9.17, 15) is 4.79 Å². The van der Waals surface area contributed by atoms with Gasteiger partial charge in [0.05, 0.1) is 29.0 Å². The molecule has 0 radical (unpaired) electrons. The first-order chi connectivity index (χ1) is 17.3. The summed E-state index contributed by atoms with van der Waals surface area (Å²) in [5.74, 6) is 0.832. The molecule has 7 nitrogen and oxygen atoms in total. The number of nitrogens with zero attached hydrogens (tertiary/aromatic N) is 5. The lowest BCUT2D eigenvalue weighted by molar-refractivity contribution is -0.113. The fourth-order valence-electron chi connectivity index (χ4n) is 4.01. The molecular weight excluding hydrogens is 476 g/mol. The van der Waals surface area contributed by atoms with Crippen molar-refractivity contribution in [3.63, 3.8) is 0 Å².